The molecule has 3 atom stereocenters. The van der Waals surface area contributed by atoms with Crippen molar-refractivity contribution in [2.75, 3.05) is 0 Å². The molecule has 20 heavy (non-hydrogen) atoms. The standard InChI is InChI=1S/C18H26N2/c1-4-7-18-19-16-8-5-6-9-17(16)20(18)15-11-10-13(2)14(3)12-15/h5-6,8-9,13-15H,4,7,10-12H2,1-3H3. The number of fused-ring (bicyclic) bond motifs is 1. The molecule has 2 aromatic rings. The summed E-state index contributed by atoms with van der Waals surface area (Å²) >= 11 is 0. The monoisotopic (exact) mass is 270 g/mol. The van der Waals surface area contributed by atoms with E-state index in [4.69, 9.17) is 4.98 Å². The Bertz CT molecular complexity index is 584. The van der Waals surface area contributed by atoms with Gasteiger partial charge in [0, 0.05) is 12.5 Å². The van der Waals surface area contributed by atoms with Gasteiger partial charge in [-0.1, -0.05) is 32.9 Å². The lowest BCUT2D eigenvalue weighted by molar-refractivity contribution is 0.211. The number of benzene rings is 1. The first-order chi connectivity index (χ1) is 9.70. The zero-order valence-corrected chi connectivity index (χ0v) is 13.0. The van der Waals surface area contributed by atoms with Gasteiger partial charge < -0.3 is 4.57 Å². The summed E-state index contributed by atoms with van der Waals surface area (Å²) in [6.45, 7) is 7.06. The molecule has 1 aromatic carbocycles. The minimum atomic E-state index is 0.648. The molecule has 1 aromatic heterocycles. The van der Waals surface area contributed by atoms with Gasteiger partial charge in [0.2, 0.25) is 0 Å². The second-order valence-electron chi connectivity index (χ2n) is 6.56. The van der Waals surface area contributed by atoms with Crippen molar-refractivity contribution >= 4 is 11.0 Å². The maximum atomic E-state index is 4.88. The molecule has 3 unspecified atom stereocenters. The molecular weight excluding hydrogens is 244 g/mol. The van der Waals surface area contributed by atoms with Gasteiger partial charge in [0.05, 0.1) is 11.0 Å². The van der Waals surface area contributed by atoms with Crippen molar-refractivity contribution in [2.45, 2.75) is 58.9 Å². The molecule has 0 radical (unpaired) electrons. The molecular formula is C18H26N2. The fourth-order valence-electron chi connectivity index (χ4n) is 3.66. The number of imidazole rings is 1. The van der Waals surface area contributed by atoms with Crippen LogP contribution >= 0.6 is 0 Å². The molecule has 1 saturated carbocycles. The SMILES string of the molecule is CCCc1nc2ccccc2n1C1CCC(C)C(C)C1. The van der Waals surface area contributed by atoms with E-state index in [2.05, 4.69) is 49.6 Å². The van der Waals surface area contributed by atoms with Crippen LogP contribution in [0.4, 0.5) is 0 Å². The summed E-state index contributed by atoms with van der Waals surface area (Å²) in [4.78, 5) is 4.88. The van der Waals surface area contributed by atoms with Crippen LogP contribution < -0.4 is 0 Å². The predicted octanol–water partition coefficient (Wildman–Crippen LogP) is 4.99. The topological polar surface area (TPSA) is 17.8 Å². The fourth-order valence-corrected chi connectivity index (χ4v) is 3.66. The first-order valence-corrected chi connectivity index (χ1v) is 8.16. The predicted molar refractivity (Wildman–Crippen MR) is 84.9 cm³/mol. The van der Waals surface area contributed by atoms with E-state index in [9.17, 15) is 0 Å². The molecule has 108 valence electrons. The zero-order valence-electron chi connectivity index (χ0n) is 13.0. The van der Waals surface area contributed by atoms with E-state index in [0.717, 1.165) is 18.3 Å². The van der Waals surface area contributed by atoms with E-state index < -0.39 is 0 Å². The minimum absolute atomic E-state index is 0.648. The molecule has 1 heterocycles. The Kier molecular flexibility index (Phi) is 3.82. The van der Waals surface area contributed by atoms with Crippen LogP contribution in [-0.4, -0.2) is 9.55 Å². The Morgan fingerprint density at radius 3 is 2.70 bits per heavy atom. The molecule has 2 nitrogen and oxygen atoms in total. The van der Waals surface area contributed by atoms with Crippen molar-refractivity contribution in [3.63, 3.8) is 0 Å². The molecule has 1 fully saturated rings. The van der Waals surface area contributed by atoms with Crippen LogP contribution in [0.2, 0.25) is 0 Å². The highest BCUT2D eigenvalue weighted by atomic mass is 15.1. The lowest BCUT2D eigenvalue weighted by Gasteiger charge is -2.34. The normalized spacial score (nSPS) is 27.1. The lowest BCUT2D eigenvalue weighted by Crippen LogP contribution is -2.24. The van der Waals surface area contributed by atoms with Gasteiger partial charge in [0.1, 0.15) is 5.82 Å². The van der Waals surface area contributed by atoms with E-state index >= 15 is 0 Å². The number of nitrogens with zero attached hydrogens (tertiary/aromatic N) is 2. The number of rotatable bonds is 3. The molecule has 3 rings (SSSR count). The Morgan fingerprint density at radius 1 is 1.15 bits per heavy atom. The summed E-state index contributed by atoms with van der Waals surface area (Å²) in [6.07, 6.45) is 6.22. The van der Waals surface area contributed by atoms with E-state index in [1.807, 2.05) is 0 Å². The van der Waals surface area contributed by atoms with Crippen molar-refractivity contribution < 1.29 is 0 Å². The van der Waals surface area contributed by atoms with E-state index in [1.54, 1.807) is 0 Å². The summed E-state index contributed by atoms with van der Waals surface area (Å²) in [6, 6.07) is 9.28. The molecule has 0 amide bonds. The molecule has 2 heteroatoms. The third-order valence-electron chi connectivity index (χ3n) is 5.08. The van der Waals surface area contributed by atoms with Crippen LogP contribution in [0.5, 0.6) is 0 Å². The molecule has 0 saturated heterocycles. The summed E-state index contributed by atoms with van der Waals surface area (Å²) in [7, 11) is 0. The summed E-state index contributed by atoms with van der Waals surface area (Å²) < 4.78 is 2.56. The summed E-state index contributed by atoms with van der Waals surface area (Å²) in [5.74, 6) is 2.99. The van der Waals surface area contributed by atoms with Gasteiger partial charge in [-0.25, -0.2) is 4.98 Å². The second kappa shape index (κ2) is 5.59. The van der Waals surface area contributed by atoms with Crippen molar-refractivity contribution in [1.29, 1.82) is 0 Å². The molecule has 0 spiro atoms. The van der Waals surface area contributed by atoms with Gasteiger partial charge in [0.15, 0.2) is 0 Å². The van der Waals surface area contributed by atoms with Gasteiger partial charge >= 0.3 is 0 Å². The quantitative estimate of drug-likeness (QED) is 0.768. The van der Waals surface area contributed by atoms with Crippen LogP contribution in [0.3, 0.4) is 0 Å². The first kappa shape index (κ1) is 13.7. The third kappa shape index (κ3) is 2.36. The molecule has 0 aliphatic heterocycles. The van der Waals surface area contributed by atoms with E-state index in [-0.39, 0.29) is 0 Å². The molecule has 0 bridgehead atoms. The molecule has 1 aliphatic rings. The number of aromatic nitrogens is 2. The molecule has 1 aliphatic carbocycles. The smallest absolute Gasteiger partial charge is 0.110 e. The van der Waals surface area contributed by atoms with Crippen molar-refractivity contribution in [3.8, 4) is 0 Å². The number of para-hydroxylation sites is 2. The highest BCUT2D eigenvalue weighted by molar-refractivity contribution is 5.76. The highest BCUT2D eigenvalue weighted by Gasteiger charge is 2.27. The van der Waals surface area contributed by atoms with Gasteiger partial charge in [-0.2, -0.15) is 0 Å². The Labute approximate surface area is 122 Å². The number of hydrogen-bond acceptors (Lipinski definition) is 1. The first-order valence-electron chi connectivity index (χ1n) is 8.16. The Morgan fingerprint density at radius 2 is 1.95 bits per heavy atom. The highest BCUT2D eigenvalue weighted by Crippen LogP contribution is 2.38. The van der Waals surface area contributed by atoms with Crippen molar-refractivity contribution in [2.24, 2.45) is 11.8 Å². The molecule has 0 N–H and O–H groups in total. The van der Waals surface area contributed by atoms with Gasteiger partial charge in [-0.3, -0.25) is 0 Å². The second-order valence-corrected chi connectivity index (χ2v) is 6.56. The maximum absolute atomic E-state index is 4.88. The van der Waals surface area contributed by atoms with Crippen LogP contribution in [0.25, 0.3) is 11.0 Å². The maximum Gasteiger partial charge on any atom is 0.110 e. The van der Waals surface area contributed by atoms with Crippen LogP contribution in [0, 0.1) is 11.8 Å². The van der Waals surface area contributed by atoms with Gasteiger partial charge in [-0.15, -0.1) is 0 Å². The summed E-state index contributed by atoms with van der Waals surface area (Å²) in [5.41, 5.74) is 2.50. The lowest BCUT2D eigenvalue weighted by atomic mass is 9.79. The summed E-state index contributed by atoms with van der Waals surface area (Å²) in [5, 5.41) is 0. The van der Waals surface area contributed by atoms with Crippen molar-refractivity contribution in [3.05, 3.63) is 30.1 Å². The minimum Gasteiger partial charge on any atom is -0.325 e. The number of aryl methyl sites for hydroxylation is 1. The van der Waals surface area contributed by atoms with Crippen LogP contribution in [0.1, 0.15) is 58.3 Å². The van der Waals surface area contributed by atoms with Crippen molar-refractivity contribution in [1.82, 2.24) is 9.55 Å². The van der Waals surface area contributed by atoms with Crippen LogP contribution in [-0.2, 0) is 6.42 Å². The van der Waals surface area contributed by atoms with Gasteiger partial charge in [0.25, 0.3) is 0 Å². The number of hydrogen-bond donors (Lipinski definition) is 0. The third-order valence-corrected chi connectivity index (χ3v) is 5.08. The fraction of sp³-hybridized carbons (Fsp3) is 0.611. The van der Waals surface area contributed by atoms with E-state index in [0.29, 0.717) is 6.04 Å². The van der Waals surface area contributed by atoms with E-state index in [1.165, 1.54) is 42.5 Å². The largest absolute Gasteiger partial charge is 0.325 e. The zero-order chi connectivity index (χ0) is 14.1. The van der Waals surface area contributed by atoms with Crippen LogP contribution in [0.15, 0.2) is 24.3 Å². The Hall–Kier alpha value is -1.31. The van der Waals surface area contributed by atoms with Gasteiger partial charge in [-0.05, 0) is 49.7 Å². The average Bonchev–Trinajstić information content (AvgIpc) is 2.80. The Balaban J connectivity index is 2.02. The average molecular weight is 270 g/mol.